The van der Waals surface area contributed by atoms with Gasteiger partial charge in [0.15, 0.2) is 0 Å². The van der Waals surface area contributed by atoms with E-state index in [0.29, 0.717) is 11.7 Å². The molecule has 0 aliphatic heterocycles. The molecule has 0 saturated heterocycles. The lowest BCUT2D eigenvalue weighted by molar-refractivity contribution is 0.380. The maximum absolute atomic E-state index is 5.31. The zero-order valence-corrected chi connectivity index (χ0v) is 12.8. The Labute approximate surface area is 134 Å². The quantitative estimate of drug-likeness (QED) is 0.776. The van der Waals surface area contributed by atoms with Gasteiger partial charge in [0.2, 0.25) is 11.7 Å². The normalized spacial score (nSPS) is 15.3. The van der Waals surface area contributed by atoms with E-state index in [1.54, 1.807) is 18.6 Å². The van der Waals surface area contributed by atoms with Gasteiger partial charge in [-0.25, -0.2) is 4.98 Å². The zero-order valence-electron chi connectivity index (χ0n) is 12.8. The van der Waals surface area contributed by atoms with Gasteiger partial charge in [-0.3, -0.25) is 4.98 Å². The second-order valence-electron chi connectivity index (χ2n) is 5.81. The topological polar surface area (TPSA) is 76.7 Å². The summed E-state index contributed by atoms with van der Waals surface area (Å²) in [5, 5.41) is 7.39. The molecule has 0 bridgehead atoms. The molecule has 116 valence electrons. The smallest absolute Gasteiger partial charge is 0.230 e. The SMILES string of the molecule is C[C@@H](Nc1cnccn1)c1ccc(-c2noc(C3CC3)n2)cc1. The summed E-state index contributed by atoms with van der Waals surface area (Å²) >= 11 is 0. The van der Waals surface area contributed by atoms with E-state index in [2.05, 4.69) is 44.5 Å². The first-order valence-electron chi connectivity index (χ1n) is 7.76. The minimum absolute atomic E-state index is 0.132. The summed E-state index contributed by atoms with van der Waals surface area (Å²) in [4.78, 5) is 12.8. The Balaban J connectivity index is 1.48. The second-order valence-corrected chi connectivity index (χ2v) is 5.81. The van der Waals surface area contributed by atoms with Crippen LogP contribution >= 0.6 is 0 Å². The lowest BCUT2D eigenvalue weighted by Crippen LogP contribution is -2.07. The molecule has 0 amide bonds. The molecular formula is C17H17N5O. The third-order valence-corrected chi connectivity index (χ3v) is 3.96. The van der Waals surface area contributed by atoms with Crippen LogP contribution in [-0.2, 0) is 0 Å². The lowest BCUT2D eigenvalue weighted by atomic mass is 10.1. The molecule has 3 aromatic rings. The van der Waals surface area contributed by atoms with Gasteiger partial charge in [-0.05, 0) is 25.3 Å². The van der Waals surface area contributed by atoms with Crippen LogP contribution in [0.1, 0.15) is 43.2 Å². The molecule has 2 heterocycles. The molecule has 1 fully saturated rings. The number of anilines is 1. The molecule has 6 nitrogen and oxygen atoms in total. The van der Waals surface area contributed by atoms with Crippen LogP contribution in [0.4, 0.5) is 5.82 Å². The third-order valence-electron chi connectivity index (χ3n) is 3.96. The highest BCUT2D eigenvalue weighted by Crippen LogP contribution is 2.39. The number of aromatic nitrogens is 4. The Morgan fingerprint density at radius 1 is 1.17 bits per heavy atom. The van der Waals surface area contributed by atoms with Gasteiger partial charge >= 0.3 is 0 Å². The molecule has 0 spiro atoms. The van der Waals surface area contributed by atoms with E-state index >= 15 is 0 Å². The summed E-state index contributed by atoms with van der Waals surface area (Å²) in [5.74, 6) is 2.66. The highest BCUT2D eigenvalue weighted by Gasteiger charge is 2.29. The highest BCUT2D eigenvalue weighted by atomic mass is 16.5. The summed E-state index contributed by atoms with van der Waals surface area (Å²) < 4.78 is 5.31. The van der Waals surface area contributed by atoms with Gasteiger partial charge in [0.25, 0.3) is 0 Å². The van der Waals surface area contributed by atoms with Crippen molar-refractivity contribution in [2.75, 3.05) is 5.32 Å². The fourth-order valence-electron chi connectivity index (χ4n) is 2.45. The van der Waals surface area contributed by atoms with Crippen molar-refractivity contribution < 1.29 is 4.52 Å². The highest BCUT2D eigenvalue weighted by molar-refractivity contribution is 5.55. The molecule has 4 rings (SSSR count). The molecule has 1 aromatic carbocycles. The fourth-order valence-corrected chi connectivity index (χ4v) is 2.45. The van der Waals surface area contributed by atoms with Crippen molar-refractivity contribution in [3.8, 4) is 11.4 Å². The van der Waals surface area contributed by atoms with Crippen molar-refractivity contribution >= 4 is 5.82 Å². The van der Waals surface area contributed by atoms with Crippen LogP contribution < -0.4 is 5.32 Å². The largest absolute Gasteiger partial charge is 0.362 e. The molecule has 1 aliphatic rings. The summed E-state index contributed by atoms with van der Waals surface area (Å²) in [5.41, 5.74) is 2.13. The van der Waals surface area contributed by atoms with Crippen molar-refractivity contribution in [1.82, 2.24) is 20.1 Å². The van der Waals surface area contributed by atoms with Crippen LogP contribution in [0, 0.1) is 0 Å². The summed E-state index contributed by atoms with van der Waals surface area (Å²) in [7, 11) is 0. The summed E-state index contributed by atoms with van der Waals surface area (Å²) in [6.07, 6.45) is 7.36. The van der Waals surface area contributed by atoms with Crippen LogP contribution in [0.2, 0.25) is 0 Å². The molecule has 1 N–H and O–H groups in total. The van der Waals surface area contributed by atoms with Crippen LogP contribution in [0.3, 0.4) is 0 Å². The molecule has 1 aliphatic carbocycles. The van der Waals surface area contributed by atoms with Crippen LogP contribution in [0.25, 0.3) is 11.4 Å². The van der Waals surface area contributed by atoms with Gasteiger partial charge in [-0.2, -0.15) is 4.98 Å². The van der Waals surface area contributed by atoms with Gasteiger partial charge in [-0.1, -0.05) is 29.4 Å². The summed E-state index contributed by atoms with van der Waals surface area (Å²) in [6, 6.07) is 8.30. The van der Waals surface area contributed by atoms with E-state index in [1.807, 2.05) is 12.1 Å². The minimum Gasteiger partial charge on any atom is -0.362 e. The fraction of sp³-hybridized carbons (Fsp3) is 0.294. The van der Waals surface area contributed by atoms with Gasteiger partial charge in [0.05, 0.1) is 6.20 Å². The van der Waals surface area contributed by atoms with Crippen molar-refractivity contribution in [2.45, 2.75) is 31.7 Å². The number of rotatable bonds is 5. The predicted octanol–water partition coefficient (Wildman–Crippen LogP) is 3.58. The molecule has 1 atom stereocenters. The van der Waals surface area contributed by atoms with Crippen molar-refractivity contribution in [3.63, 3.8) is 0 Å². The Morgan fingerprint density at radius 3 is 2.70 bits per heavy atom. The molecule has 23 heavy (non-hydrogen) atoms. The first-order valence-corrected chi connectivity index (χ1v) is 7.76. The van der Waals surface area contributed by atoms with E-state index in [-0.39, 0.29) is 6.04 Å². The van der Waals surface area contributed by atoms with E-state index in [0.717, 1.165) is 35.7 Å². The number of nitrogens with zero attached hydrogens (tertiary/aromatic N) is 4. The number of hydrogen-bond acceptors (Lipinski definition) is 6. The minimum atomic E-state index is 0.132. The standard InChI is InChI=1S/C17H17N5O/c1-11(20-15-10-18-8-9-19-15)12-2-4-13(5-3-12)16-21-17(23-22-16)14-6-7-14/h2-5,8-11,14H,6-7H2,1H3,(H,19,20)/t11-/m1/s1. The van der Waals surface area contributed by atoms with Crippen molar-refractivity contribution in [2.24, 2.45) is 0 Å². The monoisotopic (exact) mass is 307 g/mol. The second kappa shape index (κ2) is 5.79. The van der Waals surface area contributed by atoms with Gasteiger partial charge in [0.1, 0.15) is 5.82 Å². The molecule has 2 aromatic heterocycles. The summed E-state index contributed by atoms with van der Waals surface area (Å²) in [6.45, 7) is 2.09. The van der Waals surface area contributed by atoms with Gasteiger partial charge in [-0.15, -0.1) is 0 Å². The Hall–Kier alpha value is -2.76. The van der Waals surface area contributed by atoms with Gasteiger partial charge in [0, 0.05) is 29.9 Å². The average molecular weight is 307 g/mol. The number of benzene rings is 1. The molecule has 0 radical (unpaired) electrons. The Kier molecular flexibility index (Phi) is 3.49. The van der Waals surface area contributed by atoms with E-state index in [9.17, 15) is 0 Å². The third kappa shape index (κ3) is 3.06. The lowest BCUT2D eigenvalue weighted by Gasteiger charge is -2.14. The zero-order chi connectivity index (χ0) is 15.6. The average Bonchev–Trinajstić information content (AvgIpc) is 3.33. The predicted molar refractivity (Wildman–Crippen MR) is 85.8 cm³/mol. The molecule has 1 saturated carbocycles. The van der Waals surface area contributed by atoms with Crippen molar-refractivity contribution in [1.29, 1.82) is 0 Å². The van der Waals surface area contributed by atoms with E-state index < -0.39 is 0 Å². The number of nitrogens with one attached hydrogen (secondary N) is 1. The Bertz CT molecular complexity index is 780. The van der Waals surface area contributed by atoms with Crippen LogP contribution in [0.5, 0.6) is 0 Å². The van der Waals surface area contributed by atoms with E-state index in [4.69, 9.17) is 4.52 Å². The first kappa shape index (κ1) is 13.9. The van der Waals surface area contributed by atoms with Gasteiger partial charge < -0.3 is 9.84 Å². The first-order chi connectivity index (χ1) is 11.3. The maximum atomic E-state index is 5.31. The maximum Gasteiger partial charge on any atom is 0.230 e. The molecular weight excluding hydrogens is 290 g/mol. The van der Waals surface area contributed by atoms with E-state index in [1.165, 1.54) is 0 Å². The van der Waals surface area contributed by atoms with Crippen LogP contribution in [0.15, 0.2) is 47.4 Å². The molecule has 6 heteroatoms. The Morgan fingerprint density at radius 2 is 2.00 bits per heavy atom. The van der Waals surface area contributed by atoms with Crippen molar-refractivity contribution in [3.05, 3.63) is 54.3 Å². The van der Waals surface area contributed by atoms with Crippen LogP contribution in [-0.4, -0.2) is 20.1 Å². The number of hydrogen-bond donors (Lipinski definition) is 1. The molecule has 0 unspecified atom stereocenters.